The van der Waals surface area contributed by atoms with E-state index in [4.69, 9.17) is 10.2 Å². The van der Waals surface area contributed by atoms with Crippen molar-refractivity contribution >= 4 is 14.3 Å². The summed E-state index contributed by atoms with van der Waals surface area (Å²) in [5.74, 6) is -0.422. The SMILES string of the molecule is COC(=O)[C@@H](N)CO[Si](C)(C)C(C)(C)C. The Morgan fingerprint density at radius 1 is 1.40 bits per heavy atom. The van der Waals surface area contributed by atoms with Crippen molar-refractivity contribution < 1.29 is 14.0 Å². The quantitative estimate of drug-likeness (QED) is 0.590. The average Bonchev–Trinajstić information content (AvgIpc) is 2.11. The molecule has 0 heterocycles. The maximum atomic E-state index is 11.1. The Labute approximate surface area is 93.3 Å². The van der Waals surface area contributed by atoms with Crippen molar-refractivity contribution in [1.29, 1.82) is 0 Å². The molecule has 0 radical (unpaired) electrons. The average molecular weight is 233 g/mol. The number of methoxy groups -OCH3 is 1. The molecular formula is C10H23NO3Si. The van der Waals surface area contributed by atoms with Gasteiger partial charge in [-0.3, -0.25) is 4.79 Å². The van der Waals surface area contributed by atoms with Gasteiger partial charge < -0.3 is 14.9 Å². The molecule has 0 aliphatic rings. The van der Waals surface area contributed by atoms with E-state index < -0.39 is 20.3 Å². The van der Waals surface area contributed by atoms with Crippen molar-refractivity contribution in [2.75, 3.05) is 13.7 Å². The molecule has 0 spiro atoms. The van der Waals surface area contributed by atoms with Gasteiger partial charge in [0, 0.05) is 0 Å². The molecule has 0 amide bonds. The minimum atomic E-state index is -1.81. The predicted molar refractivity (Wildman–Crippen MR) is 63.1 cm³/mol. The highest BCUT2D eigenvalue weighted by Gasteiger charge is 2.37. The number of hydrogen-bond donors (Lipinski definition) is 1. The lowest BCUT2D eigenvalue weighted by Gasteiger charge is -2.36. The highest BCUT2D eigenvalue weighted by atomic mass is 28.4. The third kappa shape index (κ3) is 4.32. The minimum Gasteiger partial charge on any atom is -0.468 e. The van der Waals surface area contributed by atoms with E-state index in [2.05, 4.69) is 38.6 Å². The largest absolute Gasteiger partial charge is 0.468 e. The van der Waals surface area contributed by atoms with Gasteiger partial charge in [-0.15, -0.1) is 0 Å². The summed E-state index contributed by atoms with van der Waals surface area (Å²) in [6.45, 7) is 10.9. The standard InChI is InChI=1S/C10H23NO3Si/c1-10(2,3)15(5,6)14-7-8(11)9(12)13-4/h8H,7,11H2,1-6H3/t8-/m0/s1. The van der Waals surface area contributed by atoms with Gasteiger partial charge in [-0.1, -0.05) is 20.8 Å². The molecule has 0 bridgehead atoms. The number of carbonyl (C=O) groups excluding carboxylic acids is 1. The number of esters is 1. The second-order valence-electron chi connectivity index (χ2n) is 5.20. The van der Waals surface area contributed by atoms with Crippen molar-refractivity contribution in [2.45, 2.75) is 44.9 Å². The molecule has 0 aromatic heterocycles. The molecule has 0 saturated carbocycles. The van der Waals surface area contributed by atoms with Crippen LogP contribution in [0.25, 0.3) is 0 Å². The third-order valence-electron chi connectivity index (χ3n) is 2.93. The second kappa shape index (κ2) is 5.09. The molecule has 4 nitrogen and oxygen atoms in total. The minimum absolute atomic E-state index is 0.128. The van der Waals surface area contributed by atoms with Gasteiger partial charge in [0.25, 0.3) is 0 Å². The molecule has 90 valence electrons. The lowest BCUT2D eigenvalue weighted by molar-refractivity contribution is -0.142. The van der Waals surface area contributed by atoms with Gasteiger partial charge in [0.15, 0.2) is 8.32 Å². The maximum absolute atomic E-state index is 11.1. The van der Waals surface area contributed by atoms with E-state index in [0.29, 0.717) is 0 Å². The molecule has 0 saturated heterocycles. The molecule has 0 rings (SSSR count). The highest BCUT2D eigenvalue weighted by molar-refractivity contribution is 6.74. The monoisotopic (exact) mass is 233 g/mol. The summed E-state index contributed by atoms with van der Waals surface area (Å²) in [6, 6.07) is -0.677. The molecule has 0 unspecified atom stereocenters. The molecule has 2 N–H and O–H groups in total. The van der Waals surface area contributed by atoms with Crippen LogP contribution >= 0.6 is 0 Å². The number of rotatable bonds is 4. The Kier molecular flexibility index (Phi) is 4.96. The van der Waals surface area contributed by atoms with Gasteiger partial charge in [0.1, 0.15) is 6.04 Å². The second-order valence-corrected chi connectivity index (χ2v) is 10.0. The van der Waals surface area contributed by atoms with Crippen LogP contribution in [0.15, 0.2) is 0 Å². The first-order valence-corrected chi connectivity index (χ1v) is 8.00. The third-order valence-corrected chi connectivity index (χ3v) is 7.43. The number of hydrogen-bond acceptors (Lipinski definition) is 4. The number of nitrogens with two attached hydrogens (primary N) is 1. The van der Waals surface area contributed by atoms with Gasteiger partial charge in [-0.05, 0) is 18.1 Å². The molecule has 0 fully saturated rings. The van der Waals surface area contributed by atoms with Crippen LogP contribution in [0.5, 0.6) is 0 Å². The Hall–Kier alpha value is -0.393. The van der Waals surface area contributed by atoms with Gasteiger partial charge in [0.2, 0.25) is 0 Å². The first-order valence-electron chi connectivity index (χ1n) is 5.09. The van der Waals surface area contributed by atoms with Crippen LogP contribution in [-0.2, 0) is 14.0 Å². The van der Waals surface area contributed by atoms with Crippen molar-refractivity contribution in [3.63, 3.8) is 0 Å². The Morgan fingerprint density at radius 2 is 1.87 bits per heavy atom. The number of carbonyl (C=O) groups is 1. The first kappa shape index (κ1) is 14.6. The van der Waals surface area contributed by atoms with Crippen molar-refractivity contribution in [1.82, 2.24) is 0 Å². The fourth-order valence-corrected chi connectivity index (χ4v) is 1.76. The maximum Gasteiger partial charge on any atom is 0.324 e. The van der Waals surface area contributed by atoms with Crippen LogP contribution in [0.4, 0.5) is 0 Å². The van der Waals surface area contributed by atoms with E-state index in [-0.39, 0.29) is 11.6 Å². The topological polar surface area (TPSA) is 61.5 Å². The first-order chi connectivity index (χ1) is 6.62. The molecule has 15 heavy (non-hydrogen) atoms. The van der Waals surface area contributed by atoms with Crippen LogP contribution in [0, 0.1) is 0 Å². The molecule has 0 aromatic carbocycles. The lowest BCUT2D eigenvalue weighted by atomic mass is 10.2. The zero-order valence-corrected chi connectivity index (χ0v) is 11.6. The Bertz CT molecular complexity index is 223. The normalized spacial score (nSPS) is 14.9. The van der Waals surface area contributed by atoms with E-state index in [1.807, 2.05) is 0 Å². The summed E-state index contributed by atoms with van der Waals surface area (Å²) in [6.07, 6.45) is 0. The van der Waals surface area contributed by atoms with E-state index in [0.717, 1.165) is 0 Å². The summed E-state index contributed by atoms with van der Waals surface area (Å²) in [7, 11) is -0.486. The van der Waals surface area contributed by atoms with Crippen molar-refractivity contribution in [3.05, 3.63) is 0 Å². The van der Waals surface area contributed by atoms with Gasteiger partial charge in [0.05, 0.1) is 13.7 Å². The Balaban J connectivity index is 4.22. The molecule has 0 aromatic rings. The summed E-state index contributed by atoms with van der Waals surface area (Å²) >= 11 is 0. The number of ether oxygens (including phenoxy) is 1. The van der Waals surface area contributed by atoms with Crippen molar-refractivity contribution in [3.8, 4) is 0 Å². The zero-order valence-electron chi connectivity index (χ0n) is 10.6. The summed E-state index contributed by atoms with van der Waals surface area (Å²) in [4.78, 5) is 11.1. The summed E-state index contributed by atoms with van der Waals surface area (Å²) < 4.78 is 10.3. The van der Waals surface area contributed by atoms with Gasteiger partial charge in [-0.2, -0.15) is 0 Å². The van der Waals surface area contributed by atoms with E-state index in [1.165, 1.54) is 7.11 Å². The fourth-order valence-electron chi connectivity index (χ4n) is 0.734. The fraction of sp³-hybridized carbons (Fsp3) is 0.900. The molecule has 1 atom stereocenters. The summed E-state index contributed by atoms with van der Waals surface area (Å²) in [5.41, 5.74) is 5.60. The van der Waals surface area contributed by atoms with Crippen LogP contribution in [-0.4, -0.2) is 34.0 Å². The molecular weight excluding hydrogens is 210 g/mol. The van der Waals surface area contributed by atoms with Gasteiger partial charge in [-0.25, -0.2) is 0 Å². The van der Waals surface area contributed by atoms with Crippen LogP contribution in [0.3, 0.4) is 0 Å². The highest BCUT2D eigenvalue weighted by Crippen LogP contribution is 2.36. The molecule has 0 aliphatic heterocycles. The van der Waals surface area contributed by atoms with Crippen LogP contribution < -0.4 is 5.73 Å². The van der Waals surface area contributed by atoms with E-state index in [1.54, 1.807) is 0 Å². The van der Waals surface area contributed by atoms with E-state index in [9.17, 15) is 4.79 Å². The van der Waals surface area contributed by atoms with E-state index >= 15 is 0 Å². The summed E-state index contributed by atoms with van der Waals surface area (Å²) in [5, 5.41) is 0.128. The smallest absolute Gasteiger partial charge is 0.324 e. The zero-order chi connectivity index (χ0) is 12.3. The predicted octanol–water partition coefficient (Wildman–Crippen LogP) is 1.51. The van der Waals surface area contributed by atoms with Crippen LogP contribution in [0.2, 0.25) is 18.1 Å². The van der Waals surface area contributed by atoms with Gasteiger partial charge >= 0.3 is 5.97 Å². The van der Waals surface area contributed by atoms with Crippen LogP contribution in [0.1, 0.15) is 20.8 Å². The Morgan fingerprint density at radius 3 is 2.20 bits per heavy atom. The van der Waals surface area contributed by atoms with Crippen molar-refractivity contribution in [2.24, 2.45) is 5.73 Å². The lowest BCUT2D eigenvalue weighted by Crippen LogP contribution is -2.46. The molecule has 5 heteroatoms. The molecule has 0 aliphatic carbocycles.